The third-order valence-corrected chi connectivity index (χ3v) is 0.407. The number of carbonyl (C=O) groups excluding carboxylic acids is 1. The summed E-state index contributed by atoms with van der Waals surface area (Å²) in [6.07, 6.45) is 1.06. The molecule has 8 heavy (non-hydrogen) atoms. The number of hydrogen-bond donors (Lipinski definition) is 0. The second-order valence-electron chi connectivity index (χ2n) is 1.37. The minimum Gasteiger partial charge on any atom is -0.876 e. The normalized spacial score (nSPS) is 10.0. The maximum atomic E-state index is 9.98. The van der Waals surface area contributed by atoms with Crippen LogP contribution in [-0.4, -0.2) is 51.3 Å². The average molecular weight is 187 g/mol. The van der Waals surface area contributed by atoms with Crippen LogP contribution in [0.2, 0.25) is 0 Å². The molecular formula is C5H7O2Sr+. The molecule has 0 aromatic heterocycles. The molecule has 0 fully saturated rings. The van der Waals surface area contributed by atoms with Gasteiger partial charge in [-0.1, -0.05) is 6.92 Å². The topological polar surface area (TPSA) is 40.1 Å². The molecule has 40 valence electrons. The third kappa shape index (κ3) is 9.85. The van der Waals surface area contributed by atoms with Gasteiger partial charge in [0.05, 0.1) is 0 Å². The maximum Gasteiger partial charge on any atom is 2.00 e. The van der Waals surface area contributed by atoms with Gasteiger partial charge in [0.2, 0.25) is 0 Å². The summed E-state index contributed by atoms with van der Waals surface area (Å²) in [6.45, 7) is 2.70. The molecule has 2 nitrogen and oxygen atoms in total. The van der Waals surface area contributed by atoms with Gasteiger partial charge < -0.3 is 5.11 Å². The van der Waals surface area contributed by atoms with Crippen LogP contribution < -0.4 is 5.11 Å². The van der Waals surface area contributed by atoms with E-state index in [0.717, 1.165) is 6.08 Å². The number of ketones is 1. The van der Waals surface area contributed by atoms with Crippen molar-refractivity contribution in [2.75, 3.05) is 0 Å². The van der Waals surface area contributed by atoms with E-state index < -0.39 is 0 Å². The zero-order valence-electron chi connectivity index (χ0n) is 5.10. The van der Waals surface area contributed by atoms with Crippen molar-refractivity contribution in [3.8, 4) is 0 Å². The van der Waals surface area contributed by atoms with Crippen molar-refractivity contribution in [1.29, 1.82) is 0 Å². The molecular weight excluding hydrogens is 180 g/mol. The molecule has 0 N–H and O–H groups in total. The largest absolute Gasteiger partial charge is 2.00 e. The fourth-order valence-electron chi connectivity index (χ4n) is 0.286. The van der Waals surface area contributed by atoms with Crippen LogP contribution in [0.25, 0.3) is 0 Å². The summed E-state index contributed by atoms with van der Waals surface area (Å²) in [5, 5.41) is 9.98. The second kappa shape index (κ2) is 5.82. The van der Waals surface area contributed by atoms with Gasteiger partial charge in [0.25, 0.3) is 0 Å². The van der Waals surface area contributed by atoms with Gasteiger partial charge in [-0.25, -0.2) is 0 Å². The molecule has 3 heteroatoms. The van der Waals surface area contributed by atoms with Crippen molar-refractivity contribution >= 4 is 51.3 Å². The Morgan fingerprint density at radius 2 is 1.88 bits per heavy atom. The van der Waals surface area contributed by atoms with Crippen molar-refractivity contribution in [3.63, 3.8) is 0 Å². The van der Waals surface area contributed by atoms with E-state index in [1.54, 1.807) is 0 Å². The van der Waals surface area contributed by atoms with E-state index in [-0.39, 0.29) is 57.0 Å². The first-order valence-electron chi connectivity index (χ1n) is 1.99. The molecule has 0 aliphatic carbocycles. The van der Waals surface area contributed by atoms with Crippen LogP contribution in [0.15, 0.2) is 11.8 Å². The van der Waals surface area contributed by atoms with Gasteiger partial charge >= 0.3 is 45.5 Å². The van der Waals surface area contributed by atoms with Gasteiger partial charge in [-0.3, -0.25) is 4.79 Å². The first-order valence-corrected chi connectivity index (χ1v) is 1.99. The van der Waals surface area contributed by atoms with Gasteiger partial charge in [0.15, 0.2) is 5.78 Å². The fraction of sp³-hybridized carbons (Fsp3) is 0.400. The van der Waals surface area contributed by atoms with Gasteiger partial charge in [-0.05, 0) is 13.0 Å². The molecule has 0 atom stereocenters. The van der Waals surface area contributed by atoms with Gasteiger partial charge in [-0.2, -0.15) is 0 Å². The van der Waals surface area contributed by atoms with E-state index in [1.807, 2.05) is 0 Å². The number of rotatable bonds is 1. The van der Waals surface area contributed by atoms with Crippen molar-refractivity contribution in [3.05, 3.63) is 11.8 Å². The summed E-state index contributed by atoms with van der Waals surface area (Å²) < 4.78 is 0. The van der Waals surface area contributed by atoms with Crippen LogP contribution in [-0.2, 0) is 4.79 Å². The molecule has 0 rings (SSSR count). The Kier molecular flexibility index (Phi) is 8.35. The van der Waals surface area contributed by atoms with Crippen molar-refractivity contribution in [1.82, 2.24) is 0 Å². The molecule has 0 amide bonds. The molecule has 0 unspecified atom stereocenters. The predicted octanol–water partition coefficient (Wildman–Crippen LogP) is -0.541. The van der Waals surface area contributed by atoms with Crippen LogP contribution in [0.1, 0.15) is 13.8 Å². The quantitative estimate of drug-likeness (QED) is 0.314. The Morgan fingerprint density at radius 3 is 1.88 bits per heavy atom. The number of allylic oxidation sites excluding steroid dienone is 2. The monoisotopic (exact) mass is 187 g/mol. The molecule has 0 saturated heterocycles. The van der Waals surface area contributed by atoms with Crippen LogP contribution in [0.4, 0.5) is 0 Å². The minimum atomic E-state index is -0.187. The summed E-state index contributed by atoms with van der Waals surface area (Å²) in [5.41, 5.74) is 0. The zero-order valence-corrected chi connectivity index (χ0v) is 8.58. The molecule has 0 bridgehead atoms. The van der Waals surface area contributed by atoms with E-state index >= 15 is 0 Å². The number of hydrogen-bond acceptors (Lipinski definition) is 2. The Bertz CT molecular complexity index is 103. The third-order valence-electron chi connectivity index (χ3n) is 0.407. The van der Waals surface area contributed by atoms with Gasteiger partial charge in [0.1, 0.15) is 0 Å². The Balaban J connectivity index is 0. The summed E-state index contributed by atoms with van der Waals surface area (Å²) in [7, 11) is 0. The van der Waals surface area contributed by atoms with Crippen LogP contribution >= 0.6 is 0 Å². The van der Waals surface area contributed by atoms with Gasteiger partial charge in [-0.15, -0.1) is 5.76 Å². The van der Waals surface area contributed by atoms with E-state index in [9.17, 15) is 9.90 Å². The summed E-state index contributed by atoms with van der Waals surface area (Å²) >= 11 is 0. The first-order chi connectivity index (χ1) is 3.13. The molecule has 0 aromatic carbocycles. The number of carbonyl (C=O) groups is 1. The van der Waals surface area contributed by atoms with Crippen molar-refractivity contribution in [2.45, 2.75) is 13.8 Å². The standard InChI is InChI=1S/C5H8O2.Sr/c1-4(6)3-5(2)7;/h3,6H,1-2H3;/q;+2/p-1/b4-3+;. The molecule has 0 saturated carbocycles. The minimum absolute atomic E-state index is 0. The summed E-state index contributed by atoms with van der Waals surface area (Å²) in [5.74, 6) is -0.375. The van der Waals surface area contributed by atoms with Crippen molar-refractivity contribution in [2.24, 2.45) is 0 Å². The molecule has 0 aromatic rings. The van der Waals surface area contributed by atoms with E-state index in [0.29, 0.717) is 0 Å². The molecule has 0 aliphatic heterocycles. The zero-order chi connectivity index (χ0) is 5.86. The van der Waals surface area contributed by atoms with Crippen molar-refractivity contribution < 1.29 is 9.90 Å². The Morgan fingerprint density at radius 1 is 1.50 bits per heavy atom. The van der Waals surface area contributed by atoms with Crippen LogP contribution in [0.5, 0.6) is 0 Å². The second-order valence-corrected chi connectivity index (χ2v) is 1.37. The maximum absolute atomic E-state index is 9.98. The molecule has 0 aliphatic rings. The summed E-state index contributed by atoms with van der Waals surface area (Å²) in [4.78, 5) is 9.98. The van der Waals surface area contributed by atoms with Crippen LogP contribution in [0, 0.1) is 0 Å². The van der Waals surface area contributed by atoms with E-state index in [4.69, 9.17) is 0 Å². The summed E-state index contributed by atoms with van der Waals surface area (Å²) in [6, 6.07) is 0. The Labute approximate surface area is 85.9 Å². The molecule has 0 radical (unpaired) electrons. The molecule has 0 spiro atoms. The predicted molar refractivity (Wildman–Crippen MR) is 30.2 cm³/mol. The van der Waals surface area contributed by atoms with E-state index in [1.165, 1.54) is 13.8 Å². The SMILES string of the molecule is CC(=O)/C=C(\C)[O-].[Sr+2]. The van der Waals surface area contributed by atoms with E-state index in [2.05, 4.69) is 0 Å². The van der Waals surface area contributed by atoms with Gasteiger partial charge in [0, 0.05) is 0 Å². The molecule has 0 heterocycles. The van der Waals surface area contributed by atoms with Crippen LogP contribution in [0.3, 0.4) is 0 Å². The average Bonchev–Trinajstić information content (AvgIpc) is 1.27. The first kappa shape index (κ1) is 11.5. The smallest absolute Gasteiger partial charge is 0.876 e. The Hall–Kier alpha value is 0.691. The fourth-order valence-corrected chi connectivity index (χ4v) is 0.286.